The Balaban J connectivity index is 1.77. The number of ether oxygens (including phenoxy) is 2. The highest BCUT2D eigenvalue weighted by molar-refractivity contribution is 7.11. The maximum absolute atomic E-state index is 5.86. The Morgan fingerprint density at radius 2 is 2.33 bits per heavy atom. The summed E-state index contributed by atoms with van der Waals surface area (Å²) in [5, 5.41) is 7.83. The average molecular weight is 355 g/mol. The molecular formula is C17H30N4O2S. The smallest absolute Gasteiger partial charge is 0.191 e. The predicted molar refractivity (Wildman–Crippen MR) is 99.0 cm³/mol. The molecule has 0 spiro atoms. The van der Waals surface area contributed by atoms with E-state index >= 15 is 0 Å². The zero-order chi connectivity index (χ0) is 17.4. The number of thiazole rings is 1. The zero-order valence-corrected chi connectivity index (χ0v) is 16.0. The summed E-state index contributed by atoms with van der Waals surface area (Å²) in [4.78, 5) is 10.5. The molecular weight excluding hydrogens is 324 g/mol. The van der Waals surface area contributed by atoms with E-state index in [0.29, 0.717) is 13.2 Å². The molecule has 0 amide bonds. The topological polar surface area (TPSA) is 67.8 Å². The minimum absolute atomic E-state index is 0.204. The van der Waals surface area contributed by atoms with Crippen LogP contribution in [0.15, 0.2) is 4.99 Å². The third-order valence-corrected chi connectivity index (χ3v) is 4.94. The second-order valence-corrected chi connectivity index (χ2v) is 7.40. The lowest BCUT2D eigenvalue weighted by atomic mass is 10.3. The Morgan fingerprint density at radius 1 is 1.50 bits per heavy atom. The lowest BCUT2D eigenvalue weighted by molar-refractivity contribution is 0.0347. The van der Waals surface area contributed by atoms with Crippen molar-refractivity contribution < 1.29 is 9.47 Å². The number of aryl methyl sites for hydroxylation is 2. The maximum Gasteiger partial charge on any atom is 0.191 e. The van der Waals surface area contributed by atoms with E-state index in [2.05, 4.69) is 41.4 Å². The van der Waals surface area contributed by atoms with Crippen molar-refractivity contribution in [1.29, 1.82) is 0 Å². The van der Waals surface area contributed by atoms with Gasteiger partial charge in [0.1, 0.15) is 0 Å². The Labute approximate surface area is 149 Å². The Hall–Kier alpha value is -1.18. The van der Waals surface area contributed by atoms with Crippen LogP contribution in [0.3, 0.4) is 0 Å². The molecule has 1 aliphatic rings. The Bertz CT molecular complexity index is 527. The summed E-state index contributed by atoms with van der Waals surface area (Å²) in [6.07, 6.45) is 2.17. The SMILES string of the molecule is CCNC(=NCCc1sc(C)nc1C)NC(C)COC1CCOC1. The monoisotopic (exact) mass is 354 g/mol. The van der Waals surface area contributed by atoms with Gasteiger partial charge in [0.25, 0.3) is 0 Å². The Morgan fingerprint density at radius 3 is 2.96 bits per heavy atom. The molecule has 0 aliphatic carbocycles. The van der Waals surface area contributed by atoms with Crippen LogP contribution in [0.1, 0.15) is 35.8 Å². The first-order chi connectivity index (χ1) is 11.6. The number of rotatable bonds is 8. The summed E-state index contributed by atoms with van der Waals surface area (Å²) in [5.74, 6) is 0.843. The average Bonchev–Trinajstić information content (AvgIpc) is 3.15. The van der Waals surface area contributed by atoms with Crippen LogP contribution in [0.5, 0.6) is 0 Å². The molecule has 1 aliphatic heterocycles. The van der Waals surface area contributed by atoms with Crippen LogP contribution in [0.25, 0.3) is 0 Å². The highest BCUT2D eigenvalue weighted by atomic mass is 32.1. The molecule has 1 aromatic heterocycles. The number of hydrogen-bond donors (Lipinski definition) is 2. The van der Waals surface area contributed by atoms with Crippen molar-refractivity contribution in [2.45, 2.75) is 52.7 Å². The van der Waals surface area contributed by atoms with Crippen LogP contribution >= 0.6 is 11.3 Å². The molecule has 6 nitrogen and oxygen atoms in total. The summed E-state index contributed by atoms with van der Waals surface area (Å²) in [6.45, 7) is 12.1. The summed E-state index contributed by atoms with van der Waals surface area (Å²) in [7, 11) is 0. The molecule has 0 aromatic carbocycles. The lowest BCUT2D eigenvalue weighted by Gasteiger charge is -2.19. The molecule has 2 unspecified atom stereocenters. The minimum Gasteiger partial charge on any atom is -0.379 e. The van der Waals surface area contributed by atoms with Crippen molar-refractivity contribution in [3.8, 4) is 0 Å². The molecule has 7 heteroatoms. The molecule has 1 fully saturated rings. The molecule has 0 bridgehead atoms. The summed E-state index contributed by atoms with van der Waals surface area (Å²) in [5.41, 5.74) is 1.13. The molecule has 136 valence electrons. The molecule has 24 heavy (non-hydrogen) atoms. The van der Waals surface area contributed by atoms with Gasteiger partial charge in [0, 0.05) is 37.0 Å². The van der Waals surface area contributed by atoms with Gasteiger partial charge < -0.3 is 20.1 Å². The zero-order valence-electron chi connectivity index (χ0n) is 15.2. The molecule has 2 atom stereocenters. The third-order valence-electron chi connectivity index (χ3n) is 3.81. The van der Waals surface area contributed by atoms with Crippen LogP contribution in [0.4, 0.5) is 0 Å². The van der Waals surface area contributed by atoms with Gasteiger partial charge in [-0.3, -0.25) is 4.99 Å². The number of aliphatic imine (C=N–C) groups is 1. The third kappa shape index (κ3) is 6.37. The van der Waals surface area contributed by atoms with Crippen molar-refractivity contribution in [2.24, 2.45) is 4.99 Å². The largest absolute Gasteiger partial charge is 0.379 e. The van der Waals surface area contributed by atoms with Crippen molar-refractivity contribution in [2.75, 3.05) is 32.9 Å². The second-order valence-electron chi connectivity index (χ2n) is 6.12. The van der Waals surface area contributed by atoms with Gasteiger partial charge in [-0.25, -0.2) is 4.98 Å². The second kappa shape index (κ2) is 9.96. The highest BCUT2D eigenvalue weighted by Crippen LogP contribution is 2.17. The fourth-order valence-electron chi connectivity index (χ4n) is 2.59. The number of aromatic nitrogens is 1. The van der Waals surface area contributed by atoms with Crippen molar-refractivity contribution in [1.82, 2.24) is 15.6 Å². The fraction of sp³-hybridized carbons (Fsp3) is 0.765. The fourth-order valence-corrected chi connectivity index (χ4v) is 3.52. The van der Waals surface area contributed by atoms with E-state index in [1.165, 1.54) is 4.88 Å². The van der Waals surface area contributed by atoms with Crippen molar-refractivity contribution in [3.63, 3.8) is 0 Å². The molecule has 2 rings (SSSR count). The van der Waals surface area contributed by atoms with Gasteiger partial charge in [0.15, 0.2) is 5.96 Å². The summed E-state index contributed by atoms with van der Waals surface area (Å²) >= 11 is 1.76. The van der Waals surface area contributed by atoms with Crippen LogP contribution in [-0.2, 0) is 15.9 Å². The van der Waals surface area contributed by atoms with Crippen LogP contribution in [0.2, 0.25) is 0 Å². The highest BCUT2D eigenvalue weighted by Gasteiger charge is 2.17. The van der Waals surface area contributed by atoms with Crippen LogP contribution in [0, 0.1) is 13.8 Å². The van der Waals surface area contributed by atoms with E-state index < -0.39 is 0 Å². The standard InChI is InChI=1S/C17H30N4O2S/c1-5-18-17(19-8-6-16-13(3)21-14(4)24-16)20-12(2)10-23-15-7-9-22-11-15/h12,15H,5-11H2,1-4H3,(H2,18,19,20). The quantitative estimate of drug-likeness (QED) is 0.552. The summed E-state index contributed by atoms with van der Waals surface area (Å²) < 4.78 is 11.2. The number of hydrogen-bond acceptors (Lipinski definition) is 5. The van der Waals surface area contributed by atoms with Gasteiger partial charge in [0.2, 0.25) is 0 Å². The van der Waals surface area contributed by atoms with Crippen LogP contribution < -0.4 is 10.6 Å². The first-order valence-corrected chi connectivity index (χ1v) is 9.57. The number of nitrogens with zero attached hydrogens (tertiary/aromatic N) is 2. The molecule has 1 aromatic rings. The molecule has 0 saturated carbocycles. The van der Waals surface area contributed by atoms with E-state index in [9.17, 15) is 0 Å². The van der Waals surface area contributed by atoms with Gasteiger partial charge in [-0.1, -0.05) is 0 Å². The number of nitrogens with one attached hydrogen (secondary N) is 2. The van der Waals surface area contributed by atoms with Crippen molar-refractivity contribution in [3.05, 3.63) is 15.6 Å². The van der Waals surface area contributed by atoms with E-state index in [4.69, 9.17) is 9.47 Å². The minimum atomic E-state index is 0.204. The molecule has 1 saturated heterocycles. The van der Waals surface area contributed by atoms with Gasteiger partial charge in [-0.15, -0.1) is 11.3 Å². The molecule has 2 heterocycles. The van der Waals surface area contributed by atoms with Crippen LogP contribution in [-0.4, -0.2) is 56.0 Å². The van der Waals surface area contributed by atoms with E-state index in [1.54, 1.807) is 11.3 Å². The molecule has 2 N–H and O–H groups in total. The number of guanidine groups is 1. The first-order valence-electron chi connectivity index (χ1n) is 8.75. The Kier molecular flexibility index (Phi) is 7.94. The van der Waals surface area contributed by atoms with Gasteiger partial charge in [0.05, 0.1) is 30.0 Å². The maximum atomic E-state index is 5.86. The van der Waals surface area contributed by atoms with Gasteiger partial charge in [-0.2, -0.15) is 0 Å². The van der Waals surface area contributed by atoms with Gasteiger partial charge >= 0.3 is 0 Å². The normalized spacial score (nSPS) is 19.5. The predicted octanol–water partition coefficient (Wildman–Crippen LogP) is 2.05. The first kappa shape index (κ1) is 19.1. The summed E-state index contributed by atoms with van der Waals surface area (Å²) in [6, 6.07) is 0.204. The van der Waals surface area contributed by atoms with Crippen molar-refractivity contribution >= 4 is 17.3 Å². The van der Waals surface area contributed by atoms with E-state index in [1.807, 2.05) is 6.92 Å². The lowest BCUT2D eigenvalue weighted by Crippen LogP contribution is -2.44. The van der Waals surface area contributed by atoms with Gasteiger partial charge in [-0.05, 0) is 34.1 Å². The van der Waals surface area contributed by atoms with E-state index in [-0.39, 0.29) is 12.1 Å². The molecule has 0 radical (unpaired) electrons. The van der Waals surface area contributed by atoms with E-state index in [0.717, 1.165) is 49.2 Å².